The molecule has 3 aromatic rings. The number of halogens is 1. The van der Waals surface area contributed by atoms with Crippen molar-refractivity contribution in [2.45, 2.75) is 46.1 Å². The predicted molar refractivity (Wildman–Crippen MR) is 140 cm³/mol. The molecule has 2 amide bonds. The van der Waals surface area contributed by atoms with Crippen molar-refractivity contribution in [1.29, 1.82) is 0 Å². The van der Waals surface area contributed by atoms with Crippen LogP contribution in [0.2, 0.25) is 0 Å². The summed E-state index contributed by atoms with van der Waals surface area (Å²) in [6.45, 7) is 6.36. The number of carbonyl (C=O) groups is 2. The monoisotopic (exact) mass is 506 g/mol. The molecule has 0 spiro atoms. The first kappa shape index (κ1) is 26.4. The molecular weight excluding hydrogens is 471 g/mol. The Balaban J connectivity index is 1.68. The molecule has 37 heavy (non-hydrogen) atoms. The van der Waals surface area contributed by atoms with E-state index in [1.807, 2.05) is 47.7 Å². The zero-order valence-electron chi connectivity index (χ0n) is 22.2. The number of rotatable bonds is 8. The molecule has 8 heteroatoms. The van der Waals surface area contributed by atoms with Gasteiger partial charge in [0.2, 0.25) is 11.8 Å². The maximum atomic E-state index is 14.2. The van der Waals surface area contributed by atoms with Gasteiger partial charge in [0.1, 0.15) is 11.6 Å². The molecule has 2 heterocycles. The summed E-state index contributed by atoms with van der Waals surface area (Å²) in [5.41, 5.74) is 2.82. The highest BCUT2D eigenvalue weighted by Crippen LogP contribution is 2.40. The highest BCUT2D eigenvalue weighted by molar-refractivity contribution is 5.85. The Labute approximate surface area is 217 Å². The van der Waals surface area contributed by atoms with Crippen LogP contribution in [0.1, 0.15) is 49.6 Å². The van der Waals surface area contributed by atoms with Crippen LogP contribution in [0.4, 0.5) is 4.39 Å². The van der Waals surface area contributed by atoms with Crippen molar-refractivity contribution in [3.8, 4) is 11.4 Å². The zero-order chi connectivity index (χ0) is 26.7. The lowest BCUT2D eigenvalue weighted by molar-refractivity contribution is -0.151. The van der Waals surface area contributed by atoms with E-state index in [1.165, 1.54) is 19.1 Å². The topological polar surface area (TPSA) is 67.7 Å². The van der Waals surface area contributed by atoms with Crippen LogP contribution in [0, 0.1) is 18.2 Å². The third-order valence-electron chi connectivity index (χ3n) is 7.44. The lowest BCUT2D eigenvalue weighted by atomic mass is 9.73. The highest BCUT2D eigenvalue weighted by atomic mass is 19.1. The summed E-state index contributed by atoms with van der Waals surface area (Å²) < 4.78 is 21.1. The number of amides is 2. The average molecular weight is 507 g/mol. The second-order valence-electron chi connectivity index (χ2n) is 10.1. The fraction of sp³-hybridized carbons (Fsp3) is 0.414. The van der Waals surface area contributed by atoms with Gasteiger partial charge in [-0.3, -0.25) is 9.59 Å². The standard InChI is InChI=1S/C29H35FN4O3/c1-20-17-33(19-31-20)26-12-7-23(15-27(26)37-5)16-29(18-32(4)22(3)35)13-6-14-34(28(29)36)21(2)24-8-10-25(30)11-9-24/h7-12,15,17,19,21H,6,13-14,16,18H2,1-5H3/t21-,29?/m0/s1. The Bertz CT molecular complexity index is 1270. The maximum absolute atomic E-state index is 14.2. The van der Waals surface area contributed by atoms with Gasteiger partial charge < -0.3 is 19.1 Å². The van der Waals surface area contributed by atoms with Gasteiger partial charge in [-0.1, -0.05) is 18.2 Å². The van der Waals surface area contributed by atoms with E-state index in [2.05, 4.69) is 4.98 Å². The lowest BCUT2D eigenvalue weighted by Gasteiger charge is -2.46. The summed E-state index contributed by atoms with van der Waals surface area (Å²) in [5, 5.41) is 0. The van der Waals surface area contributed by atoms with Crippen LogP contribution in [-0.4, -0.2) is 58.4 Å². The molecule has 1 aromatic heterocycles. The average Bonchev–Trinajstić information content (AvgIpc) is 3.31. The van der Waals surface area contributed by atoms with E-state index in [1.54, 1.807) is 37.5 Å². The molecule has 0 aliphatic carbocycles. The van der Waals surface area contributed by atoms with E-state index in [9.17, 15) is 14.0 Å². The minimum atomic E-state index is -0.787. The van der Waals surface area contributed by atoms with Gasteiger partial charge in [-0.05, 0) is 68.5 Å². The Kier molecular flexibility index (Phi) is 7.66. The lowest BCUT2D eigenvalue weighted by Crippen LogP contribution is -2.55. The summed E-state index contributed by atoms with van der Waals surface area (Å²) in [4.78, 5) is 34.3. The maximum Gasteiger partial charge on any atom is 0.231 e. The van der Waals surface area contributed by atoms with E-state index in [0.29, 0.717) is 31.7 Å². The molecule has 1 aliphatic heterocycles. The summed E-state index contributed by atoms with van der Waals surface area (Å²) in [6.07, 6.45) is 5.62. The Morgan fingerprint density at radius 3 is 2.59 bits per heavy atom. The Hall–Kier alpha value is -3.68. The number of nitrogens with zero attached hydrogens (tertiary/aromatic N) is 4. The molecule has 7 nitrogen and oxygen atoms in total. The zero-order valence-corrected chi connectivity index (χ0v) is 22.2. The van der Waals surface area contributed by atoms with E-state index < -0.39 is 5.41 Å². The highest BCUT2D eigenvalue weighted by Gasteiger charge is 2.46. The molecule has 2 aromatic carbocycles. The number of ether oxygens (including phenoxy) is 1. The van der Waals surface area contributed by atoms with Crippen LogP contribution in [0.3, 0.4) is 0 Å². The van der Waals surface area contributed by atoms with Gasteiger partial charge in [-0.2, -0.15) is 0 Å². The van der Waals surface area contributed by atoms with Crippen molar-refractivity contribution < 1.29 is 18.7 Å². The van der Waals surface area contributed by atoms with Crippen LogP contribution in [0.25, 0.3) is 5.69 Å². The van der Waals surface area contributed by atoms with Crippen molar-refractivity contribution in [2.75, 3.05) is 27.2 Å². The third kappa shape index (κ3) is 5.53. The molecule has 4 rings (SSSR count). The number of benzene rings is 2. The third-order valence-corrected chi connectivity index (χ3v) is 7.44. The number of aromatic nitrogens is 2. The quantitative estimate of drug-likeness (QED) is 0.444. The molecule has 1 saturated heterocycles. The first-order valence-corrected chi connectivity index (χ1v) is 12.6. The molecule has 0 saturated carbocycles. The molecule has 1 aliphatic rings. The second kappa shape index (κ2) is 10.7. The predicted octanol–water partition coefficient (Wildman–Crippen LogP) is 4.72. The van der Waals surface area contributed by atoms with Crippen LogP contribution in [-0.2, 0) is 16.0 Å². The van der Waals surface area contributed by atoms with Gasteiger partial charge in [0.15, 0.2) is 0 Å². The van der Waals surface area contributed by atoms with Crippen LogP contribution in [0.5, 0.6) is 5.75 Å². The van der Waals surface area contributed by atoms with Gasteiger partial charge in [0, 0.05) is 33.3 Å². The van der Waals surface area contributed by atoms with E-state index in [0.717, 1.165) is 28.9 Å². The summed E-state index contributed by atoms with van der Waals surface area (Å²) in [6, 6.07) is 12.0. The van der Waals surface area contributed by atoms with E-state index in [4.69, 9.17) is 4.74 Å². The molecule has 2 atom stereocenters. The molecule has 1 unspecified atom stereocenters. The van der Waals surface area contributed by atoms with Crippen molar-refractivity contribution in [2.24, 2.45) is 5.41 Å². The van der Waals surface area contributed by atoms with Crippen LogP contribution in [0.15, 0.2) is 55.0 Å². The number of likely N-dealkylation sites (tertiary alicyclic amines) is 1. The van der Waals surface area contributed by atoms with Gasteiger partial charge in [0.25, 0.3) is 0 Å². The SMILES string of the molecule is COc1cc(CC2(CN(C)C(C)=O)CCCN([C@@H](C)c3ccc(F)cc3)C2=O)ccc1-n1cnc(C)c1. The number of imidazole rings is 1. The van der Waals surface area contributed by atoms with Crippen molar-refractivity contribution in [3.05, 3.63) is 77.6 Å². The summed E-state index contributed by atoms with van der Waals surface area (Å²) >= 11 is 0. The fourth-order valence-corrected chi connectivity index (χ4v) is 5.31. The van der Waals surface area contributed by atoms with Crippen molar-refractivity contribution in [3.63, 3.8) is 0 Å². The molecule has 1 fully saturated rings. The molecule has 0 N–H and O–H groups in total. The smallest absolute Gasteiger partial charge is 0.231 e. The Morgan fingerprint density at radius 2 is 1.97 bits per heavy atom. The van der Waals surface area contributed by atoms with Crippen molar-refractivity contribution in [1.82, 2.24) is 19.4 Å². The molecule has 0 radical (unpaired) electrons. The Morgan fingerprint density at radius 1 is 1.24 bits per heavy atom. The summed E-state index contributed by atoms with van der Waals surface area (Å²) in [5.74, 6) is 0.308. The first-order valence-electron chi connectivity index (χ1n) is 12.6. The minimum absolute atomic E-state index is 0.0111. The van der Waals surface area contributed by atoms with E-state index >= 15 is 0 Å². The van der Waals surface area contributed by atoms with Crippen LogP contribution >= 0.6 is 0 Å². The largest absolute Gasteiger partial charge is 0.495 e. The van der Waals surface area contributed by atoms with Crippen molar-refractivity contribution >= 4 is 11.8 Å². The van der Waals surface area contributed by atoms with E-state index in [-0.39, 0.29) is 23.7 Å². The number of aryl methyl sites for hydroxylation is 1. The first-order chi connectivity index (χ1) is 17.6. The number of hydrogen-bond donors (Lipinski definition) is 0. The normalized spacial score (nSPS) is 18.5. The number of methoxy groups -OCH3 is 1. The molecule has 196 valence electrons. The molecule has 0 bridgehead atoms. The van der Waals surface area contributed by atoms with Gasteiger partial charge in [-0.15, -0.1) is 0 Å². The number of hydrogen-bond acceptors (Lipinski definition) is 4. The number of carbonyl (C=O) groups excluding carboxylic acids is 2. The summed E-state index contributed by atoms with van der Waals surface area (Å²) in [7, 11) is 3.37. The minimum Gasteiger partial charge on any atom is -0.495 e. The van der Waals surface area contributed by atoms with Gasteiger partial charge in [0.05, 0.1) is 36.3 Å². The fourth-order valence-electron chi connectivity index (χ4n) is 5.31. The van der Waals surface area contributed by atoms with Crippen LogP contribution < -0.4 is 4.74 Å². The van der Waals surface area contributed by atoms with Gasteiger partial charge >= 0.3 is 0 Å². The number of piperidine rings is 1. The van der Waals surface area contributed by atoms with Gasteiger partial charge in [-0.25, -0.2) is 9.37 Å². The second-order valence-corrected chi connectivity index (χ2v) is 10.1. The molecular formula is C29H35FN4O3.